The van der Waals surface area contributed by atoms with E-state index < -0.39 is 0 Å². The largest absolute Gasteiger partial charge is 0.356 e. The number of allylic oxidation sites excluding steroid dienone is 4. The average Bonchev–Trinajstić information content (AvgIpc) is 2.21. The standard InChI is InChI=1S/C8H6B2BrNOS/c1-3-5(13)2-4(11)6(9)7(12-10)8(3)14/h14H,2H2,1H3. The number of carbonyl (C=O) groups is 1. The van der Waals surface area contributed by atoms with Gasteiger partial charge < -0.3 is 4.90 Å². The Morgan fingerprint density at radius 2 is 2.14 bits per heavy atom. The summed E-state index contributed by atoms with van der Waals surface area (Å²) in [7, 11) is 10.9. The van der Waals surface area contributed by atoms with Crippen LogP contribution in [0.4, 0.5) is 0 Å². The zero-order chi connectivity index (χ0) is 10.9. The van der Waals surface area contributed by atoms with Crippen LogP contribution in [-0.4, -0.2) is 27.3 Å². The zero-order valence-corrected chi connectivity index (χ0v) is 10.0. The maximum atomic E-state index is 11.5. The van der Waals surface area contributed by atoms with E-state index in [1.165, 1.54) is 0 Å². The molecule has 2 nitrogen and oxygen atoms in total. The first-order valence-corrected chi connectivity index (χ1v) is 5.08. The number of rotatable bonds is 0. The maximum absolute atomic E-state index is 11.5. The molecule has 0 unspecified atom stereocenters. The van der Waals surface area contributed by atoms with Gasteiger partial charge in [-0.2, -0.15) is 0 Å². The molecule has 0 N–H and O–H groups in total. The van der Waals surface area contributed by atoms with Gasteiger partial charge in [-0.1, -0.05) is 21.4 Å². The Hall–Kier alpha value is -0.220. The molecule has 14 heavy (non-hydrogen) atoms. The van der Waals surface area contributed by atoms with Crippen LogP contribution in [0, 0.1) is 0 Å². The highest BCUT2D eigenvalue weighted by Gasteiger charge is 2.20. The van der Waals surface area contributed by atoms with Crippen molar-refractivity contribution >= 4 is 55.9 Å². The third-order valence-electron chi connectivity index (χ3n) is 1.99. The van der Waals surface area contributed by atoms with Crippen LogP contribution >= 0.6 is 28.6 Å². The Kier molecular flexibility index (Phi) is 3.84. The normalized spacial score (nSPS) is 21.9. The molecule has 0 saturated carbocycles. The van der Waals surface area contributed by atoms with E-state index in [4.69, 9.17) is 15.8 Å². The summed E-state index contributed by atoms with van der Waals surface area (Å²) in [5.74, 6) is -0.0384. The number of Topliss-reactive ketones (excluding diaryl/α,β-unsaturated/α-hetero) is 1. The molecule has 0 amide bonds. The highest BCUT2D eigenvalue weighted by molar-refractivity contribution is 9.11. The minimum atomic E-state index is -0.0384. The number of hydrogen-bond acceptors (Lipinski definition) is 3. The first-order valence-electron chi connectivity index (χ1n) is 3.84. The fourth-order valence-electron chi connectivity index (χ4n) is 1.07. The number of thiol groups is 1. The van der Waals surface area contributed by atoms with Crippen molar-refractivity contribution in [1.82, 2.24) is 0 Å². The number of ketones is 1. The van der Waals surface area contributed by atoms with Crippen molar-refractivity contribution in [2.24, 2.45) is 4.90 Å². The van der Waals surface area contributed by atoms with Gasteiger partial charge >= 0.3 is 0 Å². The summed E-state index contributed by atoms with van der Waals surface area (Å²) in [6.07, 6.45) is 0.223. The van der Waals surface area contributed by atoms with Crippen LogP contribution < -0.4 is 0 Å². The average molecular weight is 266 g/mol. The fraction of sp³-hybridized carbons (Fsp3) is 0.250. The summed E-state index contributed by atoms with van der Waals surface area (Å²) in [5.41, 5.74) is 1.24. The van der Waals surface area contributed by atoms with Crippen molar-refractivity contribution in [1.29, 1.82) is 0 Å². The number of nitrogens with zero attached hydrogens (tertiary/aromatic N) is 1. The molecule has 0 aromatic carbocycles. The molecule has 0 fully saturated rings. The SMILES string of the molecule is [B]N=C1C([B])=C(Br)CC(=O)C(C)=C1S. The van der Waals surface area contributed by atoms with Crippen LogP contribution in [0.1, 0.15) is 13.3 Å². The zero-order valence-electron chi connectivity index (χ0n) is 7.54. The second-order valence-corrected chi connectivity index (χ2v) is 4.27. The van der Waals surface area contributed by atoms with Gasteiger partial charge in [-0.3, -0.25) is 4.79 Å². The van der Waals surface area contributed by atoms with Gasteiger partial charge in [0.2, 0.25) is 0 Å². The van der Waals surface area contributed by atoms with Crippen molar-refractivity contribution in [2.45, 2.75) is 13.3 Å². The molecule has 0 spiro atoms. The highest BCUT2D eigenvalue weighted by atomic mass is 79.9. The van der Waals surface area contributed by atoms with Gasteiger partial charge in [-0.15, -0.1) is 12.6 Å². The lowest BCUT2D eigenvalue weighted by Gasteiger charge is -2.06. The van der Waals surface area contributed by atoms with Crippen LogP contribution in [0.5, 0.6) is 0 Å². The lowest BCUT2D eigenvalue weighted by atomic mass is 9.89. The summed E-state index contributed by atoms with van der Waals surface area (Å²) < 4.78 is 0.593. The van der Waals surface area contributed by atoms with Gasteiger partial charge in [0.25, 0.3) is 7.98 Å². The van der Waals surface area contributed by atoms with Crippen molar-refractivity contribution in [3.63, 3.8) is 0 Å². The van der Waals surface area contributed by atoms with E-state index >= 15 is 0 Å². The molecule has 0 heterocycles. The van der Waals surface area contributed by atoms with Crippen LogP contribution in [0.15, 0.2) is 25.3 Å². The van der Waals surface area contributed by atoms with Crippen LogP contribution in [0.25, 0.3) is 0 Å². The Morgan fingerprint density at radius 1 is 1.57 bits per heavy atom. The third-order valence-corrected chi connectivity index (χ3v) is 3.24. The van der Waals surface area contributed by atoms with E-state index in [0.29, 0.717) is 26.1 Å². The Bertz CT molecular complexity index is 387. The molecule has 68 valence electrons. The number of hydrogen-bond donors (Lipinski definition) is 1. The van der Waals surface area contributed by atoms with Gasteiger partial charge in [0.1, 0.15) is 7.85 Å². The molecule has 1 rings (SSSR count). The summed E-state index contributed by atoms with van der Waals surface area (Å²) in [6, 6.07) is 0. The van der Waals surface area contributed by atoms with Gasteiger partial charge in [-0.25, -0.2) is 0 Å². The summed E-state index contributed by atoms with van der Waals surface area (Å²) in [4.78, 5) is 15.5. The molecule has 6 heteroatoms. The molecule has 1 aliphatic carbocycles. The van der Waals surface area contributed by atoms with E-state index in [0.717, 1.165) is 0 Å². The predicted molar refractivity (Wildman–Crippen MR) is 66.2 cm³/mol. The topological polar surface area (TPSA) is 29.4 Å². The number of carbonyl (C=O) groups excluding carboxylic acids is 1. The molecule has 0 aromatic rings. The molecular weight excluding hydrogens is 260 g/mol. The highest BCUT2D eigenvalue weighted by Crippen LogP contribution is 2.27. The molecule has 1 aliphatic rings. The second kappa shape index (κ2) is 4.53. The monoisotopic (exact) mass is 265 g/mol. The van der Waals surface area contributed by atoms with Crippen molar-refractivity contribution in [2.75, 3.05) is 0 Å². The predicted octanol–water partition coefficient (Wildman–Crippen LogP) is 1.46. The molecule has 4 radical (unpaired) electrons. The van der Waals surface area contributed by atoms with Gasteiger partial charge in [-0.05, 0) is 11.4 Å². The van der Waals surface area contributed by atoms with Crippen molar-refractivity contribution < 1.29 is 4.79 Å². The fourth-order valence-corrected chi connectivity index (χ4v) is 1.81. The van der Waals surface area contributed by atoms with Gasteiger partial charge in [0, 0.05) is 22.6 Å². The molecule has 0 atom stereocenters. The Labute approximate surface area is 99.3 Å². The van der Waals surface area contributed by atoms with E-state index in [1.807, 2.05) is 0 Å². The lowest BCUT2D eigenvalue weighted by molar-refractivity contribution is -0.114. The van der Waals surface area contributed by atoms with Crippen LogP contribution in [0.2, 0.25) is 0 Å². The van der Waals surface area contributed by atoms with Gasteiger partial charge in [0.15, 0.2) is 5.78 Å². The first-order chi connectivity index (χ1) is 6.49. The van der Waals surface area contributed by atoms with Crippen molar-refractivity contribution in [3.8, 4) is 0 Å². The summed E-state index contributed by atoms with van der Waals surface area (Å²) in [5, 5.41) is 0. The Balaban J connectivity index is 3.39. The lowest BCUT2D eigenvalue weighted by Crippen LogP contribution is -2.05. The van der Waals surface area contributed by atoms with E-state index in [2.05, 4.69) is 33.5 Å². The quantitative estimate of drug-likeness (QED) is 0.522. The molecule has 0 aliphatic heterocycles. The van der Waals surface area contributed by atoms with Gasteiger partial charge in [0.05, 0.1) is 0 Å². The van der Waals surface area contributed by atoms with Crippen LogP contribution in [0.3, 0.4) is 0 Å². The molecule has 0 bridgehead atoms. The summed E-state index contributed by atoms with van der Waals surface area (Å²) in [6.45, 7) is 1.68. The number of halogens is 1. The molecular formula is C8H6B2BrNOS. The van der Waals surface area contributed by atoms with Crippen molar-refractivity contribution in [3.05, 3.63) is 20.4 Å². The summed E-state index contributed by atoms with van der Waals surface area (Å²) >= 11 is 7.39. The third kappa shape index (κ3) is 2.06. The smallest absolute Gasteiger partial charge is 0.260 e. The molecule has 0 saturated heterocycles. The first kappa shape index (κ1) is 11.9. The van der Waals surface area contributed by atoms with E-state index in [-0.39, 0.29) is 12.2 Å². The minimum Gasteiger partial charge on any atom is -0.356 e. The maximum Gasteiger partial charge on any atom is 0.260 e. The Morgan fingerprint density at radius 3 is 2.64 bits per heavy atom. The van der Waals surface area contributed by atoms with E-state index in [1.54, 1.807) is 6.92 Å². The van der Waals surface area contributed by atoms with E-state index in [9.17, 15) is 4.79 Å². The second-order valence-electron chi connectivity index (χ2n) is 2.87. The van der Waals surface area contributed by atoms with Crippen LogP contribution in [-0.2, 0) is 4.79 Å². The minimum absolute atomic E-state index is 0.0384. The molecule has 0 aromatic heterocycles.